The molecule has 0 spiro atoms. The Bertz CT molecular complexity index is 763. The molecule has 120 valence electrons. The number of thiazole rings is 1. The molecule has 0 unspecified atom stereocenters. The lowest BCUT2D eigenvalue weighted by Gasteiger charge is -2.03. The van der Waals surface area contributed by atoms with Gasteiger partial charge in [-0.1, -0.05) is 6.07 Å². The molecule has 0 aliphatic heterocycles. The number of nitrogens with zero attached hydrogens (tertiary/aromatic N) is 2. The van der Waals surface area contributed by atoms with Gasteiger partial charge in [-0.3, -0.25) is 4.79 Å². The molecule has 0 bridgehead atoms. The first kappa shape index (κ1) is 16.2. The van der Waals surface area contributed by atoms with Crippen LogP contribution in [0.4, 0.5) is 0 Å². The molecule has 3 aromatic heterocycles. The van der Waals surface area contributed by atoms with E-state index >= 15 is 0 Å². The Morgan fingerprint density at radius 2 is 2.35 bits per heavy atom. The highest BCUT2D eigenvalue weighted by molar-refractivity contribution is 7.98. The molecular formula is C15H16N4OS3. The van der Waals surface area contributed by atoms with Crippen LogP contribution in [0, 0.1) is 6.92 Å². The fourth-order valence-electron chi connectivity index (χ4n) is 1.92. The van der Waals surface area contributed by atoms with Crippen LogP contribution in [0.1, 0.15) is 21.9 Å². The van der Waals surface area contributed by atoms with E-state index in [1.807, 2.05) is 29.8 Å². The fraction of sp³-hybridized carbons (Fsp3) is 0.267. The van der Waals surface area contributed by atoms with E-state index in [0.29, 0.717) is 12.2 Å². The SMILES string of the molecule is Cc1[nH]cnc1CSCCNC(=O)c1csc(-c2cccs2)n1. The van der Waals surface area contributed by atoms with Crippen LogP contribution in [0.25, 0.3) is 9.88 Å². The Hall–Kier alpha value is -1.64. The zero-order valence-electron chi connectivity index (χ0n) is 12.5. The van der Waals surface area contributed by atoms with Gasteiger partial charge in [-0.05, 0) is 18.4 Å². The average Bonchev–Trinajstić information content (AvgIpc) is 3.28. The molecule has 0 saturated carbocycles. The van der Waals surface area contributed by atoms with Gasteiger partial charge in [-0.2, -0.15) is 11.8 Å². The smallest absolute Gasteiger partial charge is 0.270 e. The number of hydrogen-bond acceptors (Lipinski definition) is 6. The molecule has 2 N–H and O–H groups in total. The third-order valence-corrected chi connectivity index (χ3v) is 6.03. The van der Waals surface area contributed by atoms with Gasteiger partial charge in [-0.25, -0.2) is 9.97 Å². The molecule has 3 aromatic rings. The second-order valence-electron chi connectivity index (χ2n) is 4.80. The largest absolute Gasteiger partial charge is 0.350 e. The van der Waals surface area contributed by atoms with Crippen molar-refractivity contribution in [1.29, 1.82) is 0 Å². The summed E-state index contributed by atoms with van der Waals surface area (Å²) in [4.78, 5) is 24.9. The first-order chi connectivity index (χ1) is 11.2. The molecule has 1 amide bonds. The number of thiophene rings is 1. The summed E-state index contributed by atoms with van der Waals surface area (Å²) in [5.74, 6) is 1.59. The van der Waals surface area contributed by atoms with E-state index in [9.17, 15) is 4.79 Å². The van der Waals surface area contributed by atoms with Crippen molar-refractivity contribution in [3.8, 4) is 9.88 Å². The van der Waals surface area contributed by atoms with E-state index in [-0.39, 0.29) is 5.91 Å². The third-order valence-electron chi connectivity index (χ3n) is 3.17. The number of aryl methyl sites for hydroxylation is 1. The topological polar surface area (TPSA) is 70.7 Å². The van der Waals surface area contributed by atoms with Crippen molar-refractivity contribution in [2.45, 2.75) is 12.7 Å². The second kappa shape index (κ2) is 7.76. The third kappa shape index (κ3) is 4.21. The molecule has 3 heterocycles. The molecule has 5 nitrogen and oxygen atoms in total. The van der Waals surface area contributed by atoms with E-state index in [1.54, 1.807) is 29.4 Å². The summed E-state index contributed by atoms with van der Waals surface area (Å²) in [7, 11) is 0. The Kier molecular flexibility index (Phi) is 5.47. The van der Waals surface area contributed by atoms with Crippen LogP contribution in [0.3, 0.4) is 0 Å². The molecule has 8 heteroatoms. The molecule has 3 rings (SSSR count). The normalized spacial score (nSPS) is 10.8. The summed E-state index contributed by atoms with van der Waals surface area (Å²) in [6.45, 7) is 2.64. The van der Waals surface area contributed by atoms with Crippen LogP contribution in [-0.2, 0) is 5.75 Å². The van der Waals surface area contributed by atoms with Gasteiger partial charge in [0.2, 0.25) is 0 Å². The van der Waals surface area contributed by atoms with Crippen LogP contribution >= 0.6 is 34.4 Å². The van der Waals surface area contributed by atoms with E-state index < -0.39 is 0 Å². The molecule has 0 atom stereocenters. The molecule has 23 heavy (non-hydrogen) atoms. The number of thioether (sulfide) groups is 1. The van der Waals surface area contributed by atoms with Gasteiger partial charge < -0.3 is 10.3 Å². The summed E-state index contributed by atoms with van der Waals surface area (Å²) in [6.07, 6.45) is 1.71. The van der Waals surface area contributed by atoms with Gasteiger partial charge in [0.05, 0.1) is 16.9 Å². The minimum Gasteiger partial charge on any atom is -0.350 e. The van der Waals surface area contributed by atoms with Gasteiger partial charge in [-0.15, -0.1) is 22.7 Å². The van der Waals surface area contributed by atoms with E-state index in [2.05, 4.69) is 20.3 Å². The van der Waals surface area contributed by atoms with Crippen molar-refractivity contribution >= 4 is 40.3 Å². The van der Waals surface area contributed by atoms with Gasteiger partial charge in [0.25, 0.3) is 5.91 Å². The predicted molar refractivity (Wildman–Crippen MR) is 97.2 cm³/mol. The monoisotopic (exact) mass is 364 g/mol. The molecular weight excluding hydrogens is 348 g/mol. The van der Waals surface area contributed by atoms with Crippen LogP contribution in [-0.4, -0.2) is 33.2 Å². The highest BCUT2D eigenvalue weighted by Gasteiger charge is 2.11. The summed E-state index contributed by atoms with van der Waals surface area (Å²) in [5, 5.41) is 7.63. The zero-order valence-corrected chi connectivity index (χ0v) is 15.0. The molecule has 0 radical (unpaired) electrons. The maximum absolute atomic E-state index is 12.1. The predicted octanol–water partition coefficient (Wildman–Crippen LogP) is 3.57. The molecule has 0 aliphatic rings. The van der Waals surface area contributed by atoms with Crippen molar-refractivity contribution in [1.82, 2.24) is 20.3 Å². The van der Waals surface area contributed by atoms with Gasteiger partial charge in [0, 0.05) is 29.1 Å². The number of amides is 1. The lowest BCUT2D eigenvalue weighted by atomic mass is 10.4. The Balaban J connectivity index is 1.42. The summed E-state index contributed by atoms with van der Waals surface area (Å²) < 4.78 is 0. The van der Waals surface area contributed by atoms with Crippen LogP contribution in [0.2, 0.25) is 0 Å². The van der Waals surface area contributed by atoms with Crippen molar-refractivity contribution in [3.63, 3.8) is 0 Å². The number of H-pyrrole nitrogens is 1. The number of carbonyl (C=O) groups is 1. The van der Waals surface area contributed by atoms with Crippen molar-refractivity contribution in [2.75, 3.05) is 12.3 Å². The molecule has 0 aromatic carbocycles. The van der Waals surface area contributed by atoms with E-state index in [1.165, 1.54) is 11.3 Å². The quantitative estimate of drug-likeness (QED) is 0.629. The maximum Gasteiger partial charge on any atom is 0.270 e. The Morgan fingerprint density at radius 3 is 3.09 bits per heavy atom. The van der Waals surface area contributed by atoms with Crippen molar-refractivity contribution < 1.29 is 4.79 Å². The van der Waals surface area contributed by atoms with Crippen molar-refractivity contribution in [3.05, 3.63) is 46.3 Å². The standard InChI is InChI=1S/C15H16N4OS3/c1-10-11(18-9-17-10)7-21-6-4-16-14(20)12-8-23-15(19-12)13-3-2-5-22-13/h2-3,5,8-9H,4,6-7H2,1H3,(H,16,20)(H,17,18). The van der Waals surface area contributed by atoms with Gasteiger partial charge in [0.15, 0.2) is 0 Å². The minimum atomic E-state index is -0.111. The first-order valence-corrected chi connectivity index (χ1v) is 9.99. The number of carbonyl (C=O) groups excluding carboxylic acids is 1. The van der Waals surface area contributed by atoms with Gasteiger partial charge in [0.1, 0.15) is 10.7 Å². The summed E-state index contributed by atoms with van der Waals surface area (Å²) >= 11 is 4.88. The van der Waals surface area contributed by atoms with Crippen molar-refractivity contribution in [2.24, 2.45) is 0 Å². The summed E-state index contributed by atoms with van der Waals surface area (Å²) in [6, 6.07) is 4.00. The van der Waals surface area contributed by atoms with E-state index in [0.717, 1.165) is 32.8 Å². The van der Waals surface area contributed by atoms with E-state index in [4.69, 9.17) is 0 Å². The number of hydrogen-bond donors (Lipinski definition) is 2. The Labute approximate surface area is 146 Å². The number of aromatic amines is 1. The zero-order chi connectivity index (χ0) is 16.1. The lowest BCUT2D eigenvalue weighted by Crippen LogP contribution is -2.26. The van der Waals surface area contributed by atoms with Crippen LogP contribution < -0.4 is 5.32 Å². The summed E-state index contributed by atoms with van der Waals surface area (Å²) in [5.41, 5.74) is 2.66. The van der Waals surface area contributed by atoms with Crippen LogP contribution in [0.15, 0.2) is 29.2 Å². The number of imidazole rings is 1. The first-order valence-electron chi connectivity index (χ1n) is 7.08. The average molecular weight is 365 g/mol. The van der Waals surface area contributed by atoms with Crippen LogP contribution in [0.5, 0.6) is 0 Å². The number of aromatic nitrogens is 3. The Morgan fingerprint density at radius 1 is 1.43 bits per heavy atom. The van der Waals surface area contributed by atoms with Gasteiger partial charge >= 0.3 is 0 Å². The highest BCUT2D eigenvalue weighted by Crippen LogP contribution is 2.27. The highest BCUT2D eigenvalue weighted by atomic mass is 32.2. The lowest BCUT2D eigenvalue weighted by molar-refractivity contribution is 0.0952. The fourth-order valence-corrected chi connectivity index (χ4v) is 4.41. The minimum absolute atomic E-state index is 0.111. The molecule has 0 aliphatic carbocycles. The second-order valence-corrected chi connectivity index (χ2v) is 7.71. The molecule has 0 fully saturated rings. The number of nitrogens with one attached hydrogen (secondary N) is 2. The molecule has 0 saturated heterocycles. The maximum atomic E-state index is 12.1. The number of rotatable bonds is 7.